The Kier molecular flexibility index (Phi) is 7.08. The number of nitrogens with two attached hydrogens (primary N) is 1. The van der Waals surface area contributed by atoms with Crippen LogP contribution >= 0.6 is 34.9 Å². The number of nitrogens with zero attached hydrogens (tertiary/aromatic N) is 2. The van der Waals surface area contributed by atoms with E-state index < -0.39 is 17.9 Å². The number of aromatic nitrogens is 2. The van der Waals surface area contributed by atoms with E-state index in [-0.39, 0.29) is 18.4 Å². The van der Waals surface area contributed by atoms with E-state index in [1.807, 2.05) is 0 Å². The van der Waals surface area contributed by atoms with E-state index >= 15 is 0 Å². The van der Waals surface area contributed by atoms with Crippen molar-refractivity contribution in [2.45, 2.75) is 28.6 Å². The van der Waals surface area contributed by atoms with Gasteiger partial charge in [-0.1, -0.05) is 34.9 Å². The van der Waals surface area contributed by atoms with Crippen molar-refractivity contribution in [3.63, 3.8) is 0 Å². The highest BCUT2D eigenvalue weighted by atomic mass is 32.2. The summed E-state index contributed by atoms with van der Waals surface area (Å²) >= 11 is 3.86. The van der Waals surface area contributed by atoms with Gasteiger partial charge >= 0.3 is 12.0 Å². The molecule has 25 heavy (non-hydrogen) atoms. The highest BCUT2D eigenvalue weighted by Crippen LogP contribution is 2.30. The average molecular weight is 404 g/mol. The molecular formula is C13H17N5O4S3. The lowest BCUT2D eigenvalue weighted by atomic mass is 10.1. The predicted molar refractivity (Wildman–Crippen MR) is 95.3 cm³/mol. The fourth-order valence-corrected chi connectivity index (χ4v) is 4.70. The summed E-state index contributed by atoms with van der Waals surface area (Å²) in [7, 11) is 0. The first-order chi connectivity index (χ1) is 11.9. The van der Waals surface area contributed by atoms with Gasteiger partial charge in [0.1, 0.15) is 0 Å². The minimum Gasteiger partial charge on any atom is -0.463 e. The molecule has 1 aromatic heterocycles. The molecule has 0 aromatic carbocycles. The van der Waals surface area contributed by atoms with E-state index in [1.54, 1.807) is 13.8 Å². The number of esters is 1. The molecule has 1 aliphatic rings. The molecule has 0 bridgehead atoms. The molecule has 1 unspecified atom stereocenters. The van der Waals surface area contributed by atoms with E-state index in [4.69, 9.17) is 10.5 Å². The maximum atomic E-state index is 12.1. The largest absolute Gasteiger partial charge is 0.463 e. The fraction of sp³-hybridized carbons (Fsp3) is 0.462. The Hall–Kier alpha value is -1.79. The Balaban J connectivity index is 2.07. The van der Waals surface area contributed by atoms with Crippen LogP contribution in [0.2, 0.25) is 0 Å². The van der Waals surface area contributed by atoms with Crippen molar-refractivity contribution in [2.75, 3.05) is 18.1 Å². The van der Waals surface area contributed by atoms with Gasteiger partial charge in [-0.05, 0) is 13.8 Å². The topological polar surface area (TPSA) is 136 Å². The molecule has 0 spiro atoms. The van der Waals surface area contributed by atoms with Crippen LogP contribution in [0.15, 0.2) is 19.9 Å². The van der Waals surface area contributed by atoms with Crippen molar-refractivity contribution in [2.24, 2.45) is 5.73 Å². The van der Waals surface area contributed by atoms with Gasteiger partial charge in [0.05, 0.1) is 24.0 Å². The smallest absolute Gasteiger partial charge is 0.337 e. The number of primary amides is 1. The van der Waals surface area contributed by atoms with Gasteiger partial charge < -0.3 is 21.1 Å². The first-order valence-electron chi connectivity index (χ1n) is 7.25. The molecule has 1 atom stereocenters. The number of nitrogens with one attached hydrogen (secondary N) is 2. The minimum absolute atomic E-state index is 0.136. The number of hydrogen-bond donors (Lipinski definition) is 3. The minimum atomic E-state index is -0.465. The molecule has 1 aliphatic heterocycles. The van der Waals surface area contributed by atoms with Crippen molar-refractivity contribution in [1.29, 1.82) is 0 Å². The average Bonchev–Trinajstić information content (AvgIpc) is 2.98. The van der Waals surface area contributed by atoms with Gasteiger partial charge in [0.25, 0.3) is 0 Å². The summed E-state index contributed by atoms with van der Waals surface area (Å²) < 4.78 is 6.34. The molecule has 0 fully saturated rings. The standard InChI is InChI=1S/C13H17N5O4S3/c1-3-22-10(20)9-6(2)15-11(21)16-7(9)4-23-12-17-18-13(25-12)24-5-8(14)19/h6H,3-5H2,1-2H3,(H2,14,19)(H2,15,16,21). The Bertz CT molecular complexity index is 706. The van der Waals surface area contributed by atoms with E-state index in [0.29, 0.717) is 25.7 Å². The molecular weight excluding hydrogens is 386 g/mol. The number of rotatable bonds is 8. The van der Waals surface area contributed by atoms with E-state index in [2.05, 4.69) is 20.8 Å². The highest BCUT2D eigenvalue weighted by Gasteiger charge is 2.29. The highest BCUT2D eigenvalue weighted by molar-refractivity contribution is 8.03. The quantitative estimate of drug-likeness (QED) is 0.427. The molecule has 1 aromatic rings. The second-order valence-corrected chi connectivity index (χ2v) is 8.23. The second-order valence-electron chi connectivity index (χ2n) is 4.81. The summed E-state index contributed by atoms with van der Waals surface area (Å²) in [6.07, 6.45) is 0. The zero-order valence-electron chi connectivity index (χ0n) is 13.5. The third-order valence-corrected chi connectivity index (χ3v) is 6.17. The Morgan fingerprint density at radius 2 is 2.00 bits per heavy atom. The van der Waals surface area contributed by atoms with Gasteiger partial charge in [-0.2, -0.15) is 0 Å². The first-order valence-corrected chi connectivity index (χ1v) is 10.0. The Morgan fingerprint density at radius 3 is 2.64 bits per heavy atom. The lowest BCUT2D eigenvalue weighted by Crippen LogP contribution is -2.49. The van der Waals surface area contributed by atoms with Crippen LogP contribution in [0.1, 0.15) is 13.8 Å². The predicted octanol–water partition coefficient (Wildman–Crippen LogP) is 0.726. The van der Waals surface area contributed by atoms with Crippen molar-refractivity contribution >= 4 is 52.8 Å². The van der Waals surface area contributed by atoms with Crippen LogP contribution in [0, 0.1) is 0 Å². The second kappa shape index (κ2) is 9.06. The summed E-state index contributed by atoms with van der Waals surface area (Å²) in [4.78, 5) is 34.6. The van der Waals surface area contributed by atoms with Crippen molar-refractivity contribution in [3.05, 3.63) is 11.3 Å². The maximum absolute atomic E-state index is 12.1. The zero-order valence-corrected chi connectivity index (χ0v) is 16.0. The normalized spacial score (nSPS) is 17.0. The van der Waals surface area contributed by atoms with Gasteiger partial charge in [-0.25, -0.2) is 9.59 Å². The third-order valence-electron chi connectivity index (χ3n) is 2.93. The molecule has 3 amide bonds. The first kappa shape index (κ1) is 19.5. The number of hydrogen-bond acceptors (Lipinski definition) is 9. The molecule has 2 rings (SSSR count). The van der Waals surface area contributed by atoms with Crippen LogP contribution in [-0.4, -0.2) is 52.3 Å². The summed E-state index contributed by atoms with van der Waals surface area (Å²) in [5.74, 6) is -0.421. The van der Waals surface area contributed by atoms with Gasteiger partial charge in [0, 0.05) is 11.4 Å². The molecule has 0 saturated heterocycles. The summed E-state index contributed by atoms with van der Waals surface area (Å²) in [6.45, 7) is 3.69. The van der Waals surface area contributed by atoms with Crippen LogP contribution in [0.5, 0.6) is 0 Å². The fourth-order valence-electron chi connectivity index (χ4n) is 1.97. The number of carbonyl (C=O) groups is 3. The van der Waals surface area contributed by atoms with Crippen molar-refractivity contribution < 1.29 is 19.1 Å². The van der Waals surface area contributed by atoms with Crippen molar-refractivity contribution in [1.82, 2.24) is 20.8 Å². The van der Waals surface area contributed by atoms with Gasteiger partial charge in [0.2, 0.25) is 5.91 Å². The van der Waals surface area contributed by atoms with Crippen LogP contribution in [0.3, 0.4) is 0 Å². The molecule has 12 heteroatoms. The molecule has 136 valence electrons. The summed E-state index contributed by atoms with van der Waals surface area (Å²) in [5.41, 5.74) is 5.97. The molecule has 4 N–H and O–H groups in total. The molecule has 9 nitrogen and oxygen atoms in total. The molecule has 2 heterocycles. The van der Waals surface area contributed by atoms with E-state index in [0.717, 1.165) is 0 Å². The monoisotopic (exact) mass is 403 g/mol. The number of ether oxygens (including phenoxy) is 1. The lowest BCUT2D eigenvalue weighted by molar-refractivity contribution is -0.139. The van der Waals surface area contributed by atoms with Gasteiger partial charge in [-0.15, -0.1) is 10.2 Å². The summed E-state index contributed by atoms with van der Waals surface area (Å²) in [6, 6.07) is -0.814. The lowest BCUT2D eigenvalue weighted by Gasteiger charge is -2.26. The van der Waals surface area contributed by atoms with Gasteiger partial charge in [0.15, 0.2) is 8.68 Å². The molecule has 0 saturated carbocycles. The SMILES string of the molecule is CCOC(=O)C1=C(CSc2nnc(SCC(N)=O)s2)NC(=O)NC1C. The number of urea groups is 1. The summed E-state index contributed by atoms with van der Waals surface area (Å²) in [5, 5.41) is 13.3. The third kappa shape index (κ3) is 5.61. The Morgan fingerprint density at radius 1 is 1.32 bits per heavy atom. The zero-order chi connectivity index (χ0) is 18.4. The number of thioether (sulfide) groups is 2. The van der Waals surface area contributed by atoms with Crippen LogP contribution in [-0.2, 0) is 14.3 Å². The molecule has 0 radical (unpaired) electrons. The van der Waals surface area contributed by atoms with E-state index in [1.165, 1.54) is 34.9 Å². The maximum Gasteiger partial charge on any atom is 0.337 e. The van der Waals surface area contributed by atoms with Crippen molar-refractivity contribution in [3.8, 4) is 0 Å². The van der Waals surface area contributed by atoms with E-state index in [9.17, 15) is 14.4 Å². The van der Waals surface area contributed by atoms with Crippen LogP contribution < -0.4 is 16.4 Å². The number of amides is 3. The number of carbonyl (C=O) groups excluding carboxylic acids is 3. The molecule has 0 aliphatic carbocycles. The van der Waals surface area contributed by atoms with Crippen LogP contribution in [0.4, 0.5) is 4.79 Å². The van der Waals surface area contributed by atoms with Gasteiger partial charge in [-0.3, -0.25) is 4.79 Å². The van der Waals surface area contributed by atoms with Crippen LogP contribution in [0.25, 0.3) is 0 Å². The Labute approximate surface area is 156 Å².